The molecule has 0 aromatic rings. The maximum absolute atomic E-state index is 5.56. The Labute approximate surface area is 102 Å². The standard InChI is InChI=1S/C15H31N/c1-3-7-14-9-10-15(14)12-13(4-2)8-5-6-11-16/h13-15H,3-12,16H2,1-2H3. The first-order valence-corrected chi connectivity index (χ1v) is 7.51. The van der Waals surface area contributed by atoms with E-state index in [-0.39, 0.29) is 0 Å². The van der Waals surface area contributed by atoms with Crippen LogP contribution in [-0.4, -0.2) is 6.54 Å². The highest BCUT2D eigenvalue weighted by molar-refractivity contribution is 4.82. The molecule has 16 heavy (non-hydrogen) atoms. The third-order valence-electron chi connectivity index (χ3n) is 4.51. The van der Waals surface area contributed by atoms with Crippen molar-refractivity contribution in [3.8, 4) is 0 Å². The fourth-order valence-electron chi connectivity index (χ4n) is 3.19. The van der Waals surface area contributed by atoms with E-state index >= 15 is 0 Å². The van der Waals surface area contributed by atoms with Crippen molar-refractivity contribution in [2.24, 2.45) is 23.5 Å². The van der Waals surface area contributed by atoms with Gasteiger partial charge in [0.05, 0.1) is 0 Å². The van der Waals surface area contributed by atoms with E-state index in [2.05, 4.69) is 13.8 Å². The van der Waals surface area contributed by atoms with Gasteiger partial charge in [-0.25, -0.2) is 0 Å². The van der Waals surface area contributed by atoms with Crippen LogP contribution in [0.2, 0.25) is 0 Å². The Morgan fingerprint density at radius 1 is 1.12 bits per heavy atom. The summed E-state index contributed by atoms with van der Waals surface area (Å²) in [6, 6.07) is 0. The topological polar surface area (TPSA) is 26.0 Å². The van der Waals surface area contributed by atoms with Gasteiger partial charge >= 0.3 is 0 Å². The van der Waals surface area contributed by atoms with Crippen LogP contribution in [0.1, 0.15) is 71.6 Å². The smallest absolute Gasteiger partial charge is 0.00773 e. The molecular formula is C15H31N. The van der Waals surface area contributed by atoms with Crippen LogP contribution in [0, 0.1) is 17.8 Å². The lowest BCUT2D eigenvalue weighted by atomic mass is 9.67. The molecule has 1 aliphatic rings. The van der Waals surface area contributed by atoms with Crippen LogP contribution < -0.4 is 5.73 Å². The number of hydrogen-bond acceptors (Lipinski definition) is 1. The van der Waals surface area contributed by atoms with Crippen LogP contribution in [0.4, 0.5) is 0 Å². The zero-order valence-electron chi connectivity index (χ0n) is 11.4. The Balaban J connectivity index is 2.16. The third kappa shape index (κ3) is 4.45. The molecule has 0 aromatic heterocycles. The summed E-state index contributed by atoms with van der Waals surface area (Å²) in [5.74, 6) is 3.13. The first-order valence-electron chi connectivity index (χ1n) is 7.51. The van der Waals surface area contributed by atoms with Crippen molar-refractivity contribution in [2.45, 2.75) is 71.6 Å². The quantitative estimate of drug-likeness (QED) is 0.580. The lowest BCUT2D eigenvalue weighted by molar-refractivity contribution is 0.125. The average molecular weight is 225 g/mol. The molecule has 2 N–H and O–H groups in total. The second-order valence-corrected chi connectivity index (χ2v) is 5.68. The molecule has 3 unspecified atom stereocenters. The summed E-state index contributed by atoms with van der Waals surface area (Å²) < 4.78 is 0. The molecule has 1 saturated carbocycles. The fraction of sp³-hybridized carbons (Fsp3) is 1.00. The summed E-state index contributed by atoms with van der Waals surface area (Å²) in [6.45, 7) is 5.56. The van der Waals surface area contributed by atoms with Crippen molar-refractivity contribution in [3.63, 3.8) is 0 Å². The first kappa shape index (κ1) is 14.0. The van der Waals surface area contributed by atoms with Gasteiger partial charge in [-0.1, -0.05) is 46.0 Å². The molecule has 0 saturated heterocycles. The highest BCUT2D eigenvalue weighted by Crippen LogP contribution is 2.42. The van der Waals surface area contributed by atoms with Gasteiger partial charge in [0, 0.05) is 0 Å². The number of unbranched alkanes of at least 4 members (excludes halogenated alkanes) is 1. The largest absolute Gasteiger partial charge is 0.330 e. The summed E-state index contributed by atoms with van der Waals surface area (Å²) in [5, 5.41) is 0. The molecule has 0 amide bonds. The Bertz CT molecular complexity index is 167. The number of hydrogen-bond donors (Lipinski definition) is 1. The van der Waals surface area contributed by atoms with Gasteiger partial charge in [-0.2, -0.15) is 0 Å². The maximum atomic E-state index is 5.56. The second kappa shape index (κ2) is 8.11. The van der Waals surface area contributed by atoms with Crippen molar-refractivity contribution < 1.29 is 0 Å². The van der Waals surface area contributed by atoms with E-state index in [1.807, 2.05) is 0 Å². The minimum absolute atomic E-state index is 0.873. The zero-order valence-corrected chi connectivity index (χ0v) is 11.4. The normalized spacial score (nSPS) is 26.4. The van der Waals surface area contributed by atoms with Crippen LogP contribution in [-0.2, 0) is 0 Å². The number of rotatable bonds is 9. The highest BCUT2D eigenvalue weighted by Gasteiger charge is 2.31. The fourth-order valence-corrected chi connectivity index (χ4v) is 3.19. The lowest BCUT2D eigenvalue weighted by Gasteiger charge is -2.39. The van der Waals surface area contributed by atoms with Gasteiger partial charge in [0.15, 0.2) is 0 Å². The third-order valence-corrected chi connectivity index (χ3v) is 4.51. The van der Waals surface area contributed by atoms with Gasteiger partial charge in [0.1, 0.15) is 0 Å². The monoisotopic (exact) mass is 225 g/mol. The van der Waals surface area contributed by atoms with Gasteiger partial charge in [-0.15, -0.1) is 0 Å². The van der Waals surface area contributed by atoms with E-state index in [1.54, 1.807) is 0 Å². The Morgan fingerprint density at radius 2 is 1.88 bits per heavy atom. The van der Waals surface area contributed by atoms with Crippen LogP contribution >= 0.6 is 0 Å². The predicted octanol–water partition coefficient (Wildman–Crippen LogP) is 4.36. The lowest BCUT2D eigenvalue weighted by Crippen LogP contribution is -2.27. The molecule has 1 rings (SSSR count). The minimum Gasteiger partial charge on any atom is -0.330 e. The zero-order chi connectivity index (χ0) is 11.8. The van der Waals surface area contributed by atoms with Gasteiger partial charge in [0.25, 0.3) is 0 Å². The molecule has 1 nitrogen and oxygen atoms in total. The number of nitrogens with two attached hydrogens (primary N) is 1. The Kier molecular flexibility index (Phi) is 7.11. The van der Waals surface area contributed by atoms with E-state index in [9.17, 15) is 0 Å². The van der Waals surface area contributed by atoms with Gasteiger partial charge in [0.2, 0.25) is 0 Å². The summed E-state index contributed by atoms with van der Waals surface area (Å²) >= 11 is 0. The molecule has 0 aliphatic heterocycles. The van der Waals surface area contributed by atoms with Crippen molar-refractivity contribution in [1.29, 1.82) is 0 Å². The van der Waals surface area contributed by atoms with Crippen molar-refractivity contribution in [2.75, 3.05) is 6.54 Å². The van der Waals surface area contributed by atoms with E-state index in [1.165, 1.54) is 57.8 Å². The van der Waals surface area contributed by atoms with Crippen LogP contribution in [0.25, 0.3) is 0 Å². The van der Waals surface area contributed by atoms with Crippen molar-refractivity contribution in [3.05, 3.63) is 0 Å². The Hall–Kier alpha value is -0.0400. The van der Waals surface area contributed by atoms with Crippen LogP contribution in [0.5, 0.6) is 0 Å². The summed E-state index contributed by atoms with van der Waals surface area (Å²) in [6.07, 6.45) is 12.7. The molecule has 0 spiro atoms. The average Bonchev–Trinajstić information content (AvgIpc) is 2.29. The molecule has 1 heteroatoms. The maximum Gasteiger partial charge on any atom is -0.00773 e. The molecule has 0 bridgehead atoms. The molecule has 1 aliphatic carbocycles. The predicted molar refractivity (Wildman–Crippen MR) is 72.4 cm³/mol. The first-order chi connectivity index (χ1) is 7.81. The molecule has 0 aromatic carbocycles. The van der Waals surface area contributed by atoms with Crippen molar-refractivity contribution >= 4 is 0 Å². The van der Waals surface area contributed by atoms with Crippen LogP contribution in [0.3, 0.4) is 0 Å². The van der Waals surface area contributed by atoms with Gasteiger partial charge < -0.3 is 5.73 Å². The molecular weight excluding hydrogens is 194 g/mol. The minimum atomic E-state index is 0.873. The van der Waals surface area contributed by atoms with Gasteiger partial charge in [-0.05, 0) is 50.0 Å². The molecule has 1 fully saturated rings. The van der Waals surface area contributed by atoms with E-state index < -0.39 is 0 Å². The van der Waals surface area contributed by atoms with E-state index in [4.69, 9.17) is 5.73 Å². The van der Waals surface area contributed by atoms with E-state index in [0.717, 1.165) is 24.3 Å². The molecule has 96 valence electrons. The second-order valence-electron chi connectivity index (χ2n) is 5.68. The summed E-state index contributed by atoms with van der Waals surface area (Å²) in [4.78, 5) is 0. The van der Waals surface area contributed by atoms with Crippen molar-refractivity contribution in [1.82, 2.24) is 0 Å². The van der Waals surface area contributed by atoms with Crippen LogP contribution in [0.15, 0.2) is 0 Å². The molecule has 0 radical (unpaired) electrons. The summed E-state index contributed by atoms with van der Waals surface area (Å²) in [7, 11) is 0. The highest BCUT2D eigenvalue weighted by atomic mass is 14.5. The van der Waals surface area contributed by atoms with E-state index in [0.29, 0.717) is 0 Å². The summed E-state index contributed by atoms with van der Waals surface area (Å²) in [5.41, 5.74) is 5.56. The molecule has 0 heterocycles. The Morgan fingerprint density at radius 3 is 2.38 bits per heavy atom. The molecule has 3 atom stereocenters. The van der Waals surface area contributed by atoms with Gasteiger partial charge in [-0.3, -0.25) is 0 Å². The SMILES string of the molecule is CCCC1CCC1CC(CC)CCCCN.